The average Bonchev–Trinajstić information content (AvgIpc) is 2.74. The number of unbranched alkanes of at least 4 members (excludes halogenated alkanes) is 4. The maximum Gasteiger partial charge on any atom is 0.409 e. The molecule has 0 fully saturated rings. The second kappa shape index (κ2) is 6.67. The summed E-state index contributed by atoms with van der Waals surface area (Å²) in [6.45, 7) is 2.09. The van der Waals surface area contributed by atoms with E-state index in [0.717, 1.165) is 30.3 Å². The van der Waals surface area contributed by atoms with Gasteiger partial charge >= 0.3 is 6.18 Å². The van der Waals surface area contributed by atoms with E-state index in [0.29, 0.717) is 6.42 Å². The summed E-state index contributed by atoms with van der Waals surface area (Å²) in [4.78, 5) is 3.68. The zero-order chi connectivity index (χ0) is 12.7. The summed E-state index contributed by atoms with van der Waals surface area (Å²) in [5, 5.41) is 0. The van der Waals surface area contributed by atoms with Crippen LogP contribution in [0, 0.1) is 0 Å². The van der Waals surface area contributed by atoms with Gasteiger partial charge in [0.25, 0.3) is 0 Å². The third-order valence-electron chi connectivity index (χ3n) is 2.84. The molecule has 1 aromatic heterocycles. The van der Waals surface area contributed by atoms with E-state index in [2.05, 4.69) is 11.9 Å². The minimum Gasteiger partial charge on any atom is -0.325 e. The molecule has 1 rings (SSSR count). The number of hydrogen-bond donors (Lipinski definition) is 0. The van der Waals surface area contributed by atoms with Crippen molar-refractivity contribution in [1.29, 1.82) is 0 Å². The molecule has 5 heteroatoms. The van der Waals surface area contributed by atoms with E-state index in [-0.39, 0.29) is 6.42 Å². The number of nitrogens with zero attached hydrogens (tertiary/aromatic N) is 2. The van der Waals surface area contributed by atoms with Gasteiger partial charge in [-0.1, -0.05) is 39.0 Å². The fraction of sp³-hybridized carbons (Fsp3) is 0.750. The molecule has 17 heavy (non-hydrogen) atoms. The van der Waals surface area contributed by atoms with Crippen molar-refractivity contribution < 1.29 is 13.2 Å². The van der Waals surface area contributed by atoms with E-state index in [1.807, 2.05) is 0 Å². The van der Waals surface area contributed by atoms with Crippen LogP contribution in [0.15, 0.2) is 18.7 Å². The van der Waals surface area contributed by atoms with Crippen LogP contribution in [0.2, 0.25) is 0 Å². The van der Waals surface area contributed by atoms with Crippen molar-refractivity contribution in [2.24, 2.45) is 0 Å². The van der Waals surface area contributed by atoms with Gasteiger partial charge in [-0.3, -0.25) is 0 Å². The van der Waals surface area contributed by atoms with Crippen LogP contribution in [-0.2, 0) is 0 Å². The molecule has 0 aliphatic heterocycles. The van der Waals surface area contributed by atoms with E-state index in [9.17, 15) is 13.2 Å². The van der Waals surface area contributed by atoms with Crippen LogP contribution in [0.3, 0.4) is 0 Å². The molecule has 0 saturated heterocycles. The summed E-state index contributed by atoms with van der Waals surface area (Å²) in [5.74, 6) is 0. The normalized spacial score (nSPS) is 13.9. The second-order valence-electron chi connectivity index (χ2n) is 4.27. The van der Waals surface area contributed by atoms with Crippen molar-refractivity contribution in [2.45, 2.75) is 57.7 Å². The lowest BCUT2D eigenvalue weighted by molar-refractivity contribution is -0.169. The van der Waals surface area contributed by atoms with Crippen LogP contribution in [0.5, 0.6) is 0 Å². The predicted molar refractivity (Wildman–Crippen MR) is 60.7 cm³/mol. The molecule has 0 spiro atoms. The fourth-order valence-electron chi connectivity index (χ4n) is 1.88. The third kappa shape index (κ3) is 4.79. The van der Waals surface area contributed by atoms with Crippen LogP contribution in [0.25, 0.3) is 0 Å². The largest absolute Gasteiger partial charge is 0.409 e. The van der Waals surface area contributed by atoms with Gasteiger partial charge in [-0.05, 0) is 6.42 Å². The van der Waals surface area contributed by atoms with Crippen molar-refractivity contribution >= 4 is 0 Å². The molecule has 1 aromatic rings. The fourth-order valence-corrected chi connectivity index (χ4v) is 1.88. The van der Waals surface area contributed by atoms with Gasteiger partial charge in [-0.2, -0.15) is 13.2 Å². The Hall–Kier alpha value is -1.00. The molecule has 0 aromatic carbocycles. The first-order chi connectivity index (χ1) is 8.05. The first-order valence-electron chi connectivity index (χ1n) is 6.10. The van der Waals surface area contributed by atoms with Gasteiger partial charge in [0.15, 0.2) is 0 Å². The number of imidazole rings is 1. The lowest BCUT2D eigenvalue weighted by atomic mass is 10.1. The Morgan fingerprint density at radius 1 is 1.18 bits per heavy atom. The molecule has 0 aliphatic rings. The molecule has 0 bridgehead atoms. The average molecular weight is 248 g/mol. The summed E-state index contributed by atoms with van der Waals surface area (Å²) in [6.07, 6.45) is 4.66. The maximum absolute atomic E-state index is 12.8. The van der Waals surface area contributed by atoms with Gasteiger partial charge in [0.2, 0.25) is 0 Å². The van der Waals surface area contributed by atoms with Gasteiger partial charge in [0.05, 0.1) is 6.33 Å². The molecular formula is C12H19F3N2. The van der Waals surface area contributed by atoms with Crippen LogP contribution >= 0.6 is 0 Å². The number of hydrogen-bond acceptors (Lipinski definition) is 1. The molecular weight excluding hydrogens is 229 g/mol. The zero-order valence-electron chi connectivity index (χ0n) is 10.1. The van der Waals surface area contributed by atoms with E-state index < -0.39 is 12.2 Å². The molecule has 98 valence electrons. The maximum atomic E-state index is 12.8. The van der Waals surface area contributed by atoms with E-state index in [1.165, 1.54) is 18.7 Å². The Labute approximate surface area is 99.9 Å². The zero-order valence-corrected chi connectivity index (χ0v) is 10.1. The molecule has 1 heterocycles. The molecule has 0 radical (unpaired) electrons. The Morgan fingerprint density at radius 2 is 1.88 bits per heavy atom. The van der Waals surface area contributed by atoms with Crippen molar-refractivity contribution in [3.63, 3.8) is 0 Å². The highest BCUT2D eigenvalue weighted by Gasteiger charge is 2.40. The van der Waals surface area contributed by atoms with E-state index in [1.54, 1.807) is 0 Å². The third-order valence-corrected chi connectivity index (χ3v) is 2.84. The summed E-state index contributed by atoms with van der Waals surface area (Å²) in [7, 11) is 0. The lowest BCUT2D eigenvalue weighted by Gasteiger charge is -2.21. The molecule has 0 N–H and O–H groups in total. The minimum atomic E-state index is -4.19. The van der Waals surface area contributed by atoms with Crippen molar-refractivity contribution in [3.05, 3.63) is 18.7 Å². The molecule has 0 saturated carbocycles. The van der Waals surface area contributed by atoms with E-state index >= 15 is 0 Å². The highest BCUT2D eigenvalue weighted by atomic mass is 19.4. The first kappa shape index (κ1) is 14.1. The highest BCUT2D eigenvalue weighted by molar-refractivity contribution is 4.84. The quantitative estimate of drug-likeness (QED) is 0.656. The minimum absolute atomic E-state index is 0.142. The Bertz CT molecular complexity index is 293. The predicted octanol–water partition coefficient (Wildman–Crippen LogP) is 4.35. The second-order valence-corrected chi connectivity index (χ2v) is 4.27. The highest BCUT2D eigenvalue weighted by Crippen LogP contribution is 2.34. The number of rotatable bonds is 7. The topological polar surface area (TPSA) is 17.8 Å². The van der Waals surface area contributed by atoms with Crippen molar-refractivity contribution in [3.8, 4) is 0 Å². The Morgan fingerprint density at radius 3 is 2.41 bits per heavy atom. The number of halogens is 3. The lowest BCUT2D eigenvalue weighted by Crippen LogP contribution is -2.25. The molecule has 1 atom stereocenters. The summed E-state index contributed by atoms with van der Waals surface area (Å²) in [5.41, 5.74) is 0. The van der Waals surface area contributed by atoms with Crippen LogP contribution in [0.4, 0.5) is 13.2 Å². The smallest absolute Gasteiger partial charge is 0.325 e. The molecule has 1 unspecified atom stereocenters. The van der Waals surface area contributed by atoms with Gasteiger partial charge in [-0.15, -0.1) is 0 Å². The van der Waals surface area contributed by atoms with Crippen molar-refractivity contribution in [2.75, 3.05) is 0 Å². The van der Waals surface area contributed by atoms with Gasteiger partial charge < -0.3 is 4.57 Å². The standard InChI is InChI=1S/C12H19F3N2/c1-2-3-4-5-6-7-11(12(13,14)15)17-9-8-16-10-17/h8-11H,2-7H2,1H3. The summed E-state index contributed by atoms with van der Waals surface area (Å²) >= 11 is 0. The monoisotopic (exact) mass is 248 g/mol. The van der Waals surface area contributed by atoms with Crippen LogP contribution < -0.4 is 0 Å². The number of alkyl halides is 3. The van der Waals surface area contributed by atoms with Crippen LogP contribution in [-0.4, -0.2) is 15.7 Å². The number of aromatic nitrogens is 2. The Kier molecular flexibility index (Phi) is 5.51. The van der Waals surface area contributed by atoms with Gasteiger partial charge in [0.1, 0.15) is 6.04 Å². The Balaban J connectivity index is 2.44. The van der Waals surface area contributed by atoms with Gasteiger partial charge in [-0.25, -0.2) is 4.98 Å². The van der Waals surface area contributed by atoms with E-state index in [4.69, 9.17) is 0 Å². The molecule has 0 aliphatic carbocycles. The molecule has 2 nitrogen and oxygen atoms in total. The summed E-state index contributed by atoms with van der Waals surface area (Å²) < 4.78 is 39.6. The first-order valence-corrected chi connectivity index (χ1v) is 6.10. The van der Waals surface area contributed by atoms with Crippen LogP contribution in [0.1, 0.15) is 51.5 Å². The van der Waals surface area contributed by atoms with Crippen molar-refractivity contribution in [1.82, 2.24) is 9.55 Å². The summed E-state index contributed by atoms with van der Waals surface area (Å²) in [6, 6.07) is -1.42. The SMILES string of the molecule is CCCCCCCC(n1ccnc1)C(F)(F)F. The molecule has 0 amide bonds. The van der Waals surface area contributed by atoms with Gasteiger partial charge in [0, 0.05) is 12.4 Å².